The molecular weight excluding hydrogens is 939 g/mol. The molecule has 3 amide bonds. The number of aliphatic carboxylic acids is 3. The van der Waals surface area contributed by atoms with Crippen LogP contribution >= 0.6 is 0 Å². The van der Waals surface area contributed by atoms with E-state index in [0.29, 0.717) is 77.3 Å². The van der Waals surface area contributed by atoms with Crippen LogP contribution in [-0.2, 0) is 38.4 Å². The van der Waals surface area contributed by atoms with Crippen molar-refractivity contribution in [1.29, 1.82) is 0 Å². The van der Waals surface area contributed by atoms with Gasteiger partial charge in [-0.3, -0.25) is 68.3 Å². The summed E-state index contributed by atoms with van der Waals surface area (Å²) in [5.41, 5.74) is 14.3. The van der Waals surface area contributed by atoms with Gasteiger partial charge in [-0.2, -0.15) is 0 Å². The molecule has 0 bridgehead atoms. The van der Waals surface area contributed by atoms with E-state index in [4.69, 9.17) is 11.5 Å². The number of Topliss-reactive ketones (excluding diaryl/α,β-unsaturated/α-hetero) is 4. The third-order valence-corrected chi connectivity index (χ3v) is 13.0. The number of guanidine groups is 1. The van der Waals surface area contributed by atoms with Crippen molar-refractivity contribution < 1.29 is 58.5 Å². The Bertz CT molecular complexity index is 1790. The van der Waals surface area contributed by atoms with Crippen LogP contribution in [-0.4, -0.2) is 234 Å². The maximum Gasteiger partial charge on any atom is 0.317 e. The zero-order valence-corrected chi connectivity index (χ0v) is 41.9. The summed E-state index contributed by atoms with van der Waals surface area (Å²) in [6, 6.07) is -4.07. The molecule has 0 spiro atoms. The Labute approximate surface area is 423 Å². The summed E-state index contributed by atoms with van der Waals surface area (Å²) in [6.45, 7) is 7.25. The lowest BCUT2D eigenvalue weighted by molar-refractivity contribution is -0.142. The Hall–Kier alpha value is -5.18. The maximum atomic E-state index is 14.0. The maximum absolute atomic E-state index is 14.0. The third kappa shape index (κ3) is 24.0. The highest BCUT2D eigenvalue weighted by atomic mass is 16.4. The van der Waals surface area contributed by atoms with Crippen LogP contribution in [0.3, 0.4) is 0 Å². The number of carbonyl (C=O) groups is 9. The van der Waals surface area contributed by atoms with E-state index in [1.165, 1.54) is 0 Å². The number of amides is 3. The van der Waals surface area contributed by atoms with Gasteiger partial charge in [0.2, 0.25) is 17.5 Å². The first-order valence-electron chi connectivity index (χ1n) is 25.1. The Balaban J connectivity index is 0.0000178. The second kappa shape index (κ2) is 33.5. The van der Waals surface area contributed by atoms with Gasteiger partial charge < -0.3 is 42.7 Å². The number of carboxylic acids is 3. The van der Waals surface area contributed by atoms with E-state index >= 15 is 0 Å². The van der Waals surface area contributed by atoms with Gasteiger partial charge in [-0.05, 0) is 63.7 Å². The van der Waals surface area contributed by atoms with Crippen molar-refractivity contribution in [2.24, 2.45) is 28.3 Å². The van der Waals surface area contributed by atoms with E-state index in [-0.39, 0.29) is 129 Å². The number of rotatable bonds is 16. The predicted molar refractivity (Wildman–Crippen MR) is 269 cm³/mol. The molecule has 0 aromatic heterocycles. The molecule has 72 heavy (non-hydrogen) atoms. The highest BCUT2D eigenvalue weighted by molar-refractivity contribution is 6.41. The van der Waals surface area contributed by atoms with Gasteiger partial charge in [0.25, 0.3) is 0 Å². The summed E-state index contributed by atoms with van der Waals surface area (Å²) >= 11 is 0. The predicted octanol–water partition coefficient (Wildman–Crippen LogP) is -1.85. The van der Waals surface area contributed by atoms with Crippen LogP contribution in [0.15, 0.2) is 4.99 Å². The minimum Gasteiger partial charge on any atom is -0.480 e. The van der Waals surface area contributed by atoms with Crippen LogP contribution in [0.1, 0.15) is 92.4 Å². The quantitative estimate of drug-likeness (QED) is 0.0351. The number of hydrogen-bond donors (Lipinski definition) is 10. The number of carboxylic acid groups (broad SMARTS) is 3. The molecule has 0 aromatic carbocycles. The molecule has 0 aromatic rings. The first kappa shape index (κ1) is 62.9. The van der Waals surface area contributed by atoms with Crippen molar-refractivity contribution in [3.63, 3.8) is 0 Å². The molecular formula is C47H85N13O12. The van der Waals surface area contributed by atoms with Gasteiger partial charge in [0.15, 0.2) is 17.5 Å². The topological polar surface area (TPSA) is 355 Å². The number of aliphatic imine (C=N–C) groups is 1. The second-order valence-electron chi connectivity index (χ2n) is 19.2. The Kier molecular flexibility index (Phi) is 29.3. The number of ketones is 4. The molecule has 3 saturated heterocycles. The highest BCUT2D eigenvalue weighted by Gasteiger charge is 2.40. The van der Waals surface area contributed by atoms with Gasteiger partial charge in [0.05, 0.1) is 56.9 Å². The van der Waals surface area contributed by atoms with Gasteiger partial charge in [-0.25, -0.2) is 15.2 Å². The van der Waals surface area contributed by atoms with Crippen molar-refractivity contribution in [2.75, 3.05) is 111 Å². The summed E-state index contributed by atoms with van der Waals surface area (Å²) in [4.78, 5) is 128. The number of nitrogens with zero attached hydrogens (tertiary/aromatic N) is 6. The van der Waals surface area contributed by atoms with Crippen molar-refractivity contribution in [2.45, 2.75) is 117 Å². The summed E-state index contributed by atoms with van der Waals surface area (Å²) < 4.78 is 0. The molecule has 5 atom stereocenters. The number of nitrogens with two attached hydrogens (primary N) is 2. The van der Waals surface area contributed by atoms with Crippen molar-refractivity contribution in [3.8, 4) is 0 Å². The highest BCUT2D eigenvalue weighted by Crippen LogP contribution is 2.21. The van der Waals surface area contributed by atoms with Gasteiger partial charge in [0, 0.05) is 84.5 Å². The number of hydrogen-bond acceptors (Lipinski definition) is 17. The van der Waals surface area contributed by atoms with Crippen LogP contribution in [0.4, 0.5) is 4.79 Å². The van der Waals surface area contributed by atoms with Crippen LogP contribution in [0, 0.1) is 11.8 Å². The molecule has 3 aliphatic rings. The van der Waals surface area contributed by atoms with Gasteiger partial charge in [-0.1, -0.05) is 34.6 Å². The molecule has 25 nitrogen and oxygen atoms in total. The van der Waals surface area contributed by atoms with Crippen LogP contribution in [0.5, 0.6) is 0 Å². The molecule has 410 valence electrons. The zero-order chi connectivity index (χ0) is 52.5. The lowest BCUT2D eigenvalue weighted by Crippen LogP contribution is -2.57. The van der Waals surface area contributed by atoms with Gasteiger partial charge in [0.1, 0.15) is 0 Å². The van der Waals surface area contributed by atoms with E-state index in [1.54, 1.807) is 33.6 Å². The number of fused-ring (bicyclic) bond motifs is 1. The van der Waals surface area contributed by atoms with E-state index < -0.39 is 71.5 Å². The normalized spacial score (nSPS) is 24.8. The standard InChI is InChI=1S/C46H81N13O12.CH4/c1-31(2)40-43(69)42(68)36-13-9-17-59(36)54-34(12-8-16-50-45(47)48)41(67)32(3)10-4-6-14-49-44(70)35(11-5-7-15-51-46(71)53-40)52-26-33(60)27-55-18-20-56(28-37(61)62)22-24-58(30-39(65)66)25-23-57(21-19-55)29-38(63)64;/h31-32,34-36,40,52,54H,4-30H2,1-3H3,(H,49,70)(H,61,62)(H,63,64)(H,65,66)(H4,47,48,50)(H2,51,53,71);1H4/t32?,34-,35?,36-,40-;/m0./s1. The molecule has 3 rings (SSSR count). The molecule has 25 heteroatoms. The number of nitrogens with one attached hydrogen (secondary N) is 5. The molecule has 3 aliphatic heterocycles. The minimum atomic E-state index is -1.11. The van der Waals surface area contributed by atoms with E-state index in [9.17, 15) is 58.5 Å². The second-order valence-corrected chi connectivity index (χ2v) is 19.2. The van der Waals surface area contributed by atoms with Gasteiger partial charge >= 0.3 is 23.9 Å². The van der Waals surface area contributed by atoms with Crippen LogP contribution in [0.2, 0.25) is 0 Å². The Morgan fingerprint density at radius 1 is 0.694 bits per heavy atom. The largest absolute Gasteiger partial charge is 0.480 e. The fourth-order valence-corrected chi connectivity index (χ4v) is 8.94. The molecule has 3 heterocycles. The zero-order valence-electron chi connectivity index (χ0n) is 41.9. The molecule has 0 radical (unpaired) electrons. The van der Waals surface area contributed by atoms with Gasteiger partial charge in [-0.15, -0.1) is 0 Å². The van der Waals surface area contributed by atoms with Crippen LogP contribution in [0.25, 0.3) is 0 Å². The van der Waals surface area contributed by atoms with E-state index in [2.05, 4.69) is 31.7 Å². The SMILES string of the molecule is C.CC1CCCCNC(=O)C(NCC(=O)CN2CCN(CC(=O)O)CCN(CC(=O)O)CCN(CC(=O)O)CC2)CCCCNC(=O)N[C@@H](C(C)C)C(=O)C(=O)[C@@H]2CCCN2N[C@@H](CCCN=C(N)N)C1=O. The van der Waals surface area contributed by atoms with Crippen molar-refractivity contribution >= 4 is 58.9 Å². The average Bonchev–Trinajstić information content (AvgIpc) is 3.76. The smallest absolute Gasteiger partial charge is 0.317 e. The number of hydrazine groups is 1. The van der Waals surface area contributed by atoms with E-state index in [0.717, 1.165) is 0 Å². The third-order valence-electron chi connectivity index (χ3n) is 13.0. The molecule has 2 unspecified atom stereocenters. The fraction of sp³-hybridized carbons (Fsp3) is 0.787. The Morgan fingerprint density at radius 2 is 1.21 bits per heavy atom. The average molecular weight is 1020 g/mol. The summed E-state index contributed by atoms with van der Waals surface area (Å²) in [6.07, 6.45) is 4.72. The first-order valence-corrected chi connectivity index (χ1v) is 25.1. The molecule has 0 saturated carbocycles. The molecule has 0 aliphatic carbocycles. The lowest BCUT2D eigenvalue weighted by Gasteiger charge is -2.33. The first-order chi connectivity index (χ1) is 33.7. The monoisotopic (exact) mass is 1020 g/mol. The lowest BCUT2D eigenvalue weighted by atomic mass is 9.92. The summed E-state index contributed by atoms with van der Waals surface area (Å²) in [7, 11) is 0. The fourth-order valence-electron chi connectivity index (χ4n) is 8.94. The van der Waals surface area contributed by atoms with Crippen molar-refractivity contribution in [3.05, 3.63) is 0 Å². The Morgan fingerprint density at radius 3 is 1.72 bits per heavy atom. The van der Waals surface area contributed by atoms with Crippen LogP contribution < -0.4 is 38.2 Å². The van der Waals surface area contributed by atoms with Crippen molar-refractivity contribution in [1.82, 2.24) is 51.3 Å². The minimum absolute atomic E-state index is 0. The summed E-state index contributed by atoms with van der Waals surface area (Å²) in [5, 5.41) is 41.8. The molecule has 12 N–H and O–H groups in total. The summed E-state index contributed by atoms with van der Waals surface area (Å²) in [5.74, 6) is -6.16. The molecule has 3 fully saturated rings. The number of urea groups is 1. The number of carbonyl (C=O) groups excluding carboxylic acids is 6. The van der Waals surface area contributed by atoms with E-state index in [1.807, 2.05) is 11.8 Å².